The lowest BCUT2D eigenvalue weighted by Gasteiger charge is -2.30. The summed E-state index contributed by atoms with van der Waals surface area (Å²) >= 11 is 5.51. The number of aromatic nitrogens is 1. The van der Waals surface area contributed by atoms with Crippen molar-refractivity contribution in [3.8, 4) is 16.9 Å². The molecule has 0 saturated heterocycles. The van der Waals surface area contributed by atoms with Crippen LogP contribution in [0.2, 0.25) is 0 Å². The fraction of sp³-hybridized carbons (Fsp3) is 0.276. The second-order valence-corrected chi connectivity index (χ2v) is 11.6. The van der Waals surface area contributed by atoms with Gasteiger partial charge in [0.05, 0.1) is 17.9 Å². The first kappa shape index (κ1) is 27.1. The largest absolute Gasteiger partial charge is 0.434 e. The van der Waals surface area contributed by atoms with Crippen molar-refractivity contribution in [1.82, 2.24) is 4.40 Å². The predicted octanol–water partition coefficient (Wildman–Crippen LogP) is 8.34. The van der Waals surface area contributed by atoms with Gasteiger partial charge in [-0.1, -0.05) is 54.1 Å². The molecule has 0 aliphatic rings. The molecule has 0 aliphatic heterocycles. The molecule has 1 atom stereocenters. The van der Waals surface area contributed by atoms with E-state index in [9.17, 15) is 4.57 Å². The molecule has 0 aliphatic carbocycles. The summed E-state index contributed by atoms with van der Waals surface area (Å²) in [7, 11) is -3.96. The van der Waals surface area contributed by atoms with Crippen molar-refractivity contribution in [2.45, 2.75) is 52.7 Å². The first-order valence-electron chi connectivity index (χ1n) is 12.2. The van der Waals surface area contributed by atoms with Crippen molar-refractivity contribution in [2.24, 2.45) is 0 Å². The maximum absolute atomic E-state index is 14.6. The minimum absolute atomic E-state index is 0.182. The normalized spacial score (nSPS) is 12.7. The topological polar surface area (TPSA) is 58.4 Å². The fourth-order valence-electron chi connectivity index (χ4n) is 4.06. The summed E-state index contributed by atoms with van der Waals surface area (Å²) in [6, 6.07) is 25.1. The fourth-order valence-corrected chi connectivity index (χ4v) is 6.55. The van der Waals surface area contributed by atoms with Crippen LogP contribution in [-0.4, -0.2) is 21.8 Å². The van der Waals surface area contributed by atoms with E-state index in [4.69, 9.17) is 30.7 Å². The first-order chi connectivity index (χ1) is 17.7. The second-order valence-electron chi connectivity index (χ2n) is 9.29. The van der Waals surface area contributed by atoms with Crippen LogP contribution in [0.4, 0.5) is 0 Å². The van der Waals surface area contributed by atoms with E-state index < -0.39 is 25.6 Å². The van der Waals surface area contributed by atoms with Gasteiger partial charge in [-0.15, -0.1) is 0 Å². The van der Waals surface area contributed by atoms with Gasteiger partial charge in [0.2, 0.25) is 5.85 Å². The molecule has 37 heavy (non-hydrogen) atoms. The highest BCUT2D eigenvalue weighted by Gasteiger charge is 2.45. The molecule has 0 saturated carbocycles. The highest BCUT2D eigenvalue weighted by molar-refractivity contribution is 7.79. The average molecular weight is 538 g/mol. The van der Waals surface area contributed by atoms with Crippen LogP contribution in [0.1, 0.15) is 44.8 Å². The molecule has 0 bridgehead atoms. The number of rotatable bonds is 9. The monoisotopic (exact) mass is 537 g/mol. The maximum atomic E-state index is 14.6. The third kappa shape index (κ3) is 6.49. The Morgan fingerprint density at radius 3 is 2.11 bits per heavy atom. The highest BCUT2D eigenvalue weighted by atomic mass is 32.1. The Balaban J connectivity index is 1.88. The van der Waals surface area contributed by atoms with E-state index in [1.807, 2.05) is 112 Å². The number of hydrogen-bond acceptors (Lipinski definition) is 6. The molecule has 2 aromatic heterocycles. The van der Waals surface area contributed by atoms with E-state index in [1.165, 1.54) is 0 Å². The molecule has 0 radical (unpaired) electrons. The van der Waals surface area contributed by atoms with Gasteiger partial charge in [-0.2, -0.15) is 0 Å². The van der Waals surface area contributed by atoms with Crippen molar-refractivity contribution in [3.05, 3.63) is 96.3 Å². The zero-order chi connectivity index (χ0) is 26.6. The van der Waals surface area contributed by atoms with Crippen molar-refractivity contribution in [1.29, 1.82) is 0 Å². The standard InChI is InChI=1S/C29H32NO5PS/c1-20(2)34-36(31,35-21(3)4)28(33-29(37)32-25-16-14-22(5)15-17-25)27-26(23-11-7-6-8-12-23)19-24-13-9-10-18-30(24)27/h6-21,28H,1-5H3. The van der Waals surface area contributed by atoms with Gasteiger partial charge in [0, 0.05) is 29.5 Å². The molecule has 2 heterocycles. The molecular formula is C29H32NO5PS. The number of fused-ring (bicyclic) bond motifs is 1. The van der Waals surface area contributed by atoms with Crippen LogP contribution < -0.4 is 4.74 Å². The maximum Gasteiger partial charge on any atom is 0.377 e. The summed E-state index contributed by atoms with van der Waals surface area (Å²) in [5.74, 6) is -0.683. The van der Waals surface area contributed by atoms with E-state index in [2.05, 4.69) is 0 Å². The van der Waals surface area contributed by atoms with Gasteiger partial charge >= 0.3 is 12.8 Å². The summed E-state index contributed by atoms with van der Waals surface area (Å²) < 4.78 is 40.6. The second kappa shape index (κ2) is 11.6. The van der Waals surface area contributed by atoms with Crippen LogP contribution in [0.15, 0.2) is 85.1 Å². The van der Waals surface area contributed by atoms with Gasteiger partial charge in [-0.05, 0) is 70.5 Å². The Morgan fingerprint density at radius 2 is 1.49 bits per heavy atom. The molecular weight excluding hydrogens is 505 g/mol. The van der Waals surface area contributed by atoms with Gasteiger partial charge in [0.1, 0.15) is 5.75 Å². The molecule has 4 aromatic rings. The van der Waals surface area contributed by atoms with Gasteiger partial charge in [-0.25, -0.2) is 0 Å². The minimum atomic E-state index is -3.96. The Morgan fingerprint density at radius 1 is 0.865 bits per heavy atom. The van der Waals surface area contributed by atoms with E-state index in [0.29, 0.717) is 11.4 Å². The van der Waals surface area contributed by atoms with E-state index >= 15 is 0 Å². The van der Waals surface area contributed by atoms with Crippen LogP contribution >= 0.6 is 19.8 Å². The lowest BCUT2D eigenvalue weighted by molar-refractivity contribution is 0.0969. The number of aryl methyl sites for hydroxylation is 1. The van der Waals surface area contributed by atoms with Crippen molar-refractivity contribution >= 4 is 30.6 Å². The number of ether oxygens (including phenoxy) is 2. The van der Waals surface area contributed by atoms with Crippen LogP contribution in [0.3, 0.4) is 0 Å². The Kier molecular flexibility index (Phi) is 8.50. The van der Waals surface area contributed by atoms with Crippen molar-refractivity contribution in [3.63, 3.8) is 0 Å². The lowest BCUT2D eigenvalue weighted by Crippen LogP contribution is -2.21. The summed E-state index contributed by atoms with van der Waals surface area (Å²) in [5.41, 5.74) is 4.34. The quantitative estimate of drug-likeness (QED) is 0.158. The van der Waals surface area contributed by atoms with Crippen LogP contribution in [0, 0.1) is 6.92 Å². The Hall–Kier alpha value is -2.96. The summed E-state index contributed by atoms with van der Waals surface area (Å²) in [6.45, 7) is 9.22. The molecule has 1 unspecified atom stereocenters. The number of pyridine rings is 1. The summed E-state index contributed by atoms with van der Waals surface area (Å²) in [4.78, 5) is 0. The smallest absolute Gasteiger partial charge is 0.377 e. The van der Waals surface area contributed by atoms with Gasteiger partial charge in [0.15, 0.2) is 0 Å². The third-order valence-corrected chi connectivity index (χ3v) is 8.01. The molecule has 0 spiro atoms. The van der Waals surface area contributed by atoms with E-state index in [-0.39, 0.29) is 5.24 Å². The molecule has 4 rings (SSSR count). The lowest BCUT2D eigenvalue weighted by atomic mass is 10.1. The van der Waals surface area contributed by atoms with Gasteiger partial charge in [0.25, 0.3) is 0 Å². The van der Waals surface area contributed by atoms with Crippen LogP contribution in [-0.2, 0) is 18.3 Å². The molecule has 2 aromatic carbocycles. The third-order valence-electron chi connectivity index (χ3n) is 5.47. The molecule has 8 heteroatoms. The SMILES string of the molecule is Cc1ccc(OC(=S)OC(c2c(-c3ccccc3)cc3ccccn23)P(=O)(OC(C)C)OC(C)C)cc1. The van der Waals surface area contributed by atoms with Crippen molar-refractivity contribution < 1.29 is 23.1 Å². The van der Waals surface area contributed by atoms with Crippen LogP contribution in [0.5, 0.6) is 5.75 Å². The Bertz CT molecular complexity index is 1390. The number of hydrogen-bond donors (Lipinski definition) is 0. The van der Waals surface area contributed by atoms with Crippen LogP contribution in [0.25, 0.3) is 16.6 Å². The van der Waals surface area contributed by atoms with Gasteiger partial charge < -0.3 is 22.9 Å². The van der Waals surface area contributed by atoms with E-state index in [1.54, 1.807) is 12.1 Å². The zero-order valence-electron chi connectivity index (χ0n) is 21.7. The molecule has 6 nitrogen and oxygen atoms in total. The van der Waals surface area contributed by atoms with Gasteiger partial charge in [-0.3, -0.25) is 4.57 Å². The molecule has 0 amide bonds. The Labute approximate surface area is 223 Å². The van der Waals surface area contributed by atoms with E-state index in [0.717, 1.165) is 22.2 Å². The number of benzene rings is 2. The predicted molar refractivity (Wildman–Crippen MR) is 151 cm³/mol. The number of thiocarbonyl (C=S) groups is 1. The average Bonchev–Trinajstić information content (AvgIpc) is 3.22. The zero-order valence-corrected chi connectivity index (χ0v) is 23.4. The first-order valence-corrected chi connectivity index (χ1v) is 14.3. The van der Waals surface area contributed by atoms with Crippen molar-refractivity contribution in [2.75, 3.05) is 0 Å². The summed E-state index contributed by atoms with van der Waals surface area (Å²) in [6.07, 6.45) is 1.11. The number of nitrogens with zero attached hydrogens (tertiary/aromatic N) is 1. The molecule has 0 N–H and O–H groups in total. The highest BCUT2D eigenvalue weighted by Crippen LogP contribution is 2.64. The summed E-state index contributed by atoms with van der Waals surface area (Å²) in [5, 5.41) is -0.182. The minimum Gasteiger partial charge on any atom is -0.434 e. The molecule has 194 valence electrons. The molecule has 0 fully saturated rings.